The summed E-state index contributed by atoms with van der Waals surface area (Å²) in [5, 5.41) is 9.21. The van der Waals surface area contributed by atoms with Gasteiger partial charge in [0.2, 0.25) is 0 Å². The van der Waals surface area contributed by atoms with Crippen LogP contribution in [0, 0.1) is 0 Å². The smallest absolute Gasteiger partial charge is 0.335 e. The fraction of sp³-hybridized carbons (Fsp3) is 0.933. The molecule has 0 amide bonds. The Bertz CT molecular complexity index is 345. The van der Waals surface area contributed by atoms with E-state index in [-0.39, 0.29) is 0 Å². The van der Waals surface area contributed by atoms with Crippen molar-refractivity contribution in [2.45, 2.75) is 77.4 Å². The van der Waals surface area contributed by atoms with Crippen molar-refractivity contribution in [1.82, 2.24) is 0 Å². The third-order valence-corrected chi connectivity index (χ3v) is 10.8. The Balaban J connectivity index is 4.62. The van der Waals surface area contributed by atoms with E-state index in [0.717, 1.165) is 24.9 Å². The molecule has 0 aromatic heterocycles. The fourth-order valence-electron chi connectivity index (χ4n) is 2.37. The third-order valence-electron chi connectivity index (χ3n) is 3.74. The summed E-state index contributed by atoms with van der Waals surface area (Å²) < 4.78 is 17.9. The molecule has 0 heterocycles. The van der Waals surface area contributed by atoms with Gasteiger partial charge in [-0.2, -0.15) is 0 Å². The molecule has 0 aliphatic heterocycles. The Hall–Kier alpha value is -0.216. The van der Waals surface area contributed by atoms with Gasteiger partial charge in [-0.05, 0) is 51.5 Å². The molecule has 0 rings (SSSR count). The number of carbonyl (C=O) groups is 1. The van der Waals surface area contributed by atoms with E-state index in [1.165, 1.54) is 0 Å². The number of rotatable bonds is 12. The minimum atomic E-state index is -2.20. The van der Waals surface area contributed by atoms with Gasteiger partial charge in [-0.15, -0.1) is 0 Å². The van der Waals surface area contributed by atoms with Crippen LogP contribution in [-0.2, 0) is 18.1 Å². The molecule has 2 unspecified atom stereocenters. The molecule has 0 radical (unpaired) electrons. The molecule has 0 bridgehead atoms. The lowest BCUT2D eigenvalue weighted by molar-refractivity contribution is -0.164. The van der Waals surface area contributed by atoms with Gasteiger partial charge in [0.15, 0.2) is 13.9 Å². The van der Waals surface area contributed by atoms with Gasteiger partial charge in [0.1, 0.15) is 0 Å². The predicted octanol–water partition coefficient (Wildman–Crippen LogP) is 4.00. The van der Waals surface area contributed by atoms with E-state index in [2.05, 4.69) is 26.6 Å². The average Bonchev–Trinajstić information content (AvgIpc) is 2.41. The van der Waals surface area contributed by atoms with Crippen LogP contribution in [0.1, 0.15) is 40.0 Å². The molecule has 132 valence electrons. The quantitative estimate of drug-likeness (QED) is 0.426. The van der Waals surface area contributed by atoms with Gasteiger partial charge in [-0.1, -0.05) is 20.3 Å². The second kappa shape index (κ2) is 9.17. The maximum atomic E-state index is 11.2. The Kier molecular flexibility index (Phi) is 9.08. The van der Waals surface area contributed by atoms with Crippen LogP contribution < -0.4 is 0 Å². The fourth-order valence-corrected chi connectivity index (χ4v) is 10.1. The molecule has 0 fully saturated rings. The van der Waals surface area contributed by atoms with Crippen LogP contribution >= 0.6 is 0 Å². The zero-order valence-electron chi connectivity index (χ0n) is 15.3. The number of hydrogen-bond acceptors (Lipinski definition) is 4. The second-order valence-electron chi connectivity index (χ2n) is 6.92. The molecule has 0 aliphatic carbocycles. The van der Waals surface area contributed by atoms with E-state index in [0.29, 0.717) is 13.0 Å². The predicted molar refractivity (Wildman–Crippen MR) is 94.0 cm³/mol. The highest BCUT2D eigenvalue weighted by molar-refractivity contribution is 6.82. The zero-order chi connectivity index (χ0) is 17.4. The van der Waals surface area contributed by atoms with Crippen molar-refractivity contribution in [1.29, 1.82) is 0 Å². The minimum absolute atomic E-state index is 0.424. The first kappa shape index (κ1) is 21.8. The molecule has 5 nitrogen and oxygen atoms in total. The topological polar surface area (TPSA) is 65.0 Å². The van der Waals surface area contributed by atoms with Crippen LogP contribution in [-0.4, -0.2) is 47.3 Å². The summed E-state index contributed by atoms with van der Waals surface area (Å²) in [5.41, 5.74) is -1.10. The Morgan fingerprint density at radius 3 is 2.14 bits per heavy atom. The summed E-state index contributed by atoms with van der Waals surface area (Å²) in [6, 6.07) is 1.82. The van der Waals surface area contributed by atoms with Gasteiger partial charge in [0, 0.05) is 13.7 Å². The van der Waals surface area contributed by atoms with Crippen LogP contribution in [0.3, 0.4) is 0 Å². The van der Waals surface area contributed by atoms with Crippen molar-refractivity contribution in [3.05, 3.63) is 0 Å². The van der Waals surface area contributed by atoms with Gasteiger partial charge < -0.3 is 18.4 Å². The first-order valence-corrected chi connectivity index (χ1v) is 13.8. The Morgan fingerprint density at radius 1 is 1.18 bits per heavy atom. The van der Waals surface area contributed by atoms with Crippen molar-refractivity contribution in [3.63, 3.8) is 0 Å². The van der Waals surface area contributed by atoms with Gasteiger partial charge in [-0.25, -0.2) is 4.79 Å². The highest BCUT2D eigenvalue weighted by Gasteiger charge is 2.39. The van der Waals surface area contributed by atoms with Crippen molar-refractivity contribution in [2.24, 2.45) is 0 Å². The van der Waals surface area contributed by atoms with Crippen LogP contribution in [0.2, 0.25) is 31.7 Å². The van der Waals surface area contributed by atoms with Crippen LogP contribution in [0.15, 0.2) is 0 Å². The standard InChI is InChI=1S/C15H34O5Si2/c1-8-12-22(18-4,20-21(5,6)7)13-10-11-19-15(3,9-2)14(16)17/h8-13H2,1-7H3,(H,16,17). The summed E-state index contributed by atoms with van der Waals surface area (Å²) in [4.78, 5) is 11.2. The summed E-state index contributed by atoms with van der Waals surface area (Å²) in [7, 11) is -2.13. The van der Waals surface area contributed by atoms with Crippen molar-refractivity contribution < 1.29 is 23.2 Å². The van der Waals surface area contributed by atoms with Gasteiger partial charge in [-0.3, -0.25) is 0 Å². The number of carboxylic acids is 1. The molecular weight excluding hydrogens is 316 g/mol. The van der Waals surface area contributed by atoms with Crippen molar-refractivity contribution in [3.8, 4) is 0 Å². The molecular formula is C15H34O5Si2. The lowest BCUT2D eigenvalue weighted by Crippen LogP contribution is -2.49. The molecule has 7 heteroatoms. The van der Waals surface area contributed by atoms with Crippen molar-refractivity contribution in [2.75, 3.05) is 13.7 Å². The third kappa shape index (κ3) is 7.37. The van der Waals surface area contributed by atoms with E-state index >= 15 is 0 Å². The first-order valence-electron chi connectivity index (χ1n) is 8.17. The monoisotopic (exact) mass is 350 g/mol. The first-order chi connectivity index (χ1) is 10.0. The molecule has 0 spiro atoms. The molecule has 2 atom stereocenters. The average molecular weight is 351 g/mol. The van der Waals surface area contributed by atoms with Gasteiger partial charge in [0.25, 0.3) is 0 Å². The molecule has 22 heavy (non-hydrogen) atoms. The van der Waals surface area contributed by atoms with E-state index in [1.807, 2.05) is 6.92 Å². The van der Waals surface area contributed by atoms with E-state index in [1.54, 1.807) is 14.0 Å². The van der Waals surface area contributed by atoms with E-state index in [9.17, 15) is 9.90 Å². The number of aliphatic carboxylic acids is 1. The largest absolute Gasteiger partial charge is 0.479 e. The van der Waals surface area contributed by atoms with Gasteiger partial charge >= 0.3 is 14.5 Å². The summed E-state index contributed by atoms with van der Waals surface area (Å²) >= 11 is 0. The van der Waals surface area contributed by atoms with Crippen LogP contribution in [0.25, 0.3) is 0 Å². The minimum Gasteiger partial charge on any atom is -0.479 e. The summed E-state index contributed by atoms with van der Waals surface area (Å²) in [5.74, 6) is -0.905. The SMILES string of the molecule is CCC[Si](CCCOC(C)(CC)C(=O)O)(OC)O[Si](C)(C)C. The highest BCUT2D eigenvalue weighted by atomic mass is 28.4. The normalized spacial score (nSPS) is 17.8. The number of carboxylic acid groups (broad SMARTS) is 1. The molecule has 0 aromatic carbocycles. The van der Waals surface area contributed by atoms with Gasteiger partial charge in [0.05, 0.1) is 0 Å². The lowest BCUT2D eigenvalue weighted by Gasteiger charge is -2.35. The highest BCUT2D eigenvalue weighted by Crippen LogP contribution is 2.27. The molecule has 0 aromatic rings. The van der Waals surface area contributed by atoms with Crippen molar-refractivity contribution >= 4 is 22.8 Å². The van der Waals surface area contributed by atoms with E-state index < -0.39 is 28.4 Å². The maximum Gasteiger partial charge on any atom is 0.335 e. The molecule has 1 N–H and O–H groups in total. The molecule has 0 saturated heterocycles. The Morgan fingerprint density at radius 2 is 1.77 bits per heavy atom. The Labute approximate surface area is 137 Å². The van der Waals surface area contributed by atoms with E-state index in [4.69, 9.17) is 13.3 Å². The molecule has 0 saturated carbocycles. The number of hydrogen-bond donors (Lipinski definition) is 1. The lowest BCUT2D eigenvalue weighted by atomic mass is 10.0. The summed E-state index contributed by atoms with van der Waals surface area (Å²) in [6.07, 6.45) is 2.26. The number of ether oxygens (including phenoxy) is 1. The zero-order valence-corrected chi connectivity index (χ0v) is 17.3. The second-order valence-corrected chi connectivity index (χ2v) is 15.2. The summed E-state index contributed by atoms with van der Waals surface area (Å²) in [6.45, 7) is 12.6. The molecule has 0 aliphatic rings. The maximum absolute atomic E-state index is 11.2. The van der Waals surface area contributed by atoms with Crippen LogP contribution in [0.5, 0.6) is 0 Å². The van der Waals surface area contributed by atoms with Crippen LogP contribution in [0.4, 0.5) is 0 Å².